The fourth-order valence-electron chi connectivity index (χ4n) is 2.94. The first kappa shape index (κ1) is 18.5. The Morgan fingerprint density at radius 3 is 2.66 bits per heavy atom. The van der Waals surface area contributed by atoms with Gasteiger partial charge in [-0.3, -0.25) is 19.9 Å². The van der Waals surface area contributed by atoms with Crippen molar-refractivity contribution in [3.8, 4) is 11.6 Å². The van der Waals surface area contributed by atoms with Crippen LogP contribution in [0.5, 0.6) is 0 Å². The highest BCUT2D eigenvalue weighted by molar-refractivity contribution is 6.01. The van der Waals surface area contributed by atoms with Crippen LogP contribution in [0.2, 0.25) is 0 Å². The number of aryl methyl sites for hydroxylation is 1. The Morgan fingerprint density at radius 1 is 1.14 bits per heavy atom. The zero-order valence-corrected chi connectivity index (χ0v) is 15.3. The highest BCUT2D eigenvalue weighted by Crippen LogP contribution is 2.22. The minimum absolute atomic E-state index is 0.246. The summed E-state index contributed by atoms with van der Waals surface area (Å²) in [6, 6.07) is 3.32. The van der Waals surface area contributed by atoms with Crippen LogP contribution in [-0.2, 0) is 6.42 Å². The van der Waals surface area contributed by atoms with Gasteiger partial charge in [0.25, 0.3) is 5.91 Å². The molecule has 0 unspecified atom stereocenters. The van der Waals surface area contributed by atoms with E-state index in [4.69, 9.17) is 0 Å². The van der Waals surface area contributed by atoms with Crippen LogP contribution in [0.1, 0.15) is 21.6 Å². The van der Waals surface area contributed by atoms with Gasteiger partial charge in [0.1, 0.15) is 0 Å². The van der Waals surface area contributed by atoms with Gasteiger partial charge in [-0.25, -0.2) is 28.7 Å². The molecule has 0 aliphatic rings. The number of carbonyl (C=O) groups excluding carboxylic acids is 1. The molecule has 4 rings (SSSR count). The number of nitrogens with one attached hydrogen (secondary N) is 1. The summed E-state index contributed by atoms with van der Waals surface area (Å²) in [5, 5.41) is 0.553. The average Bonchev–Trinajstić information content (AvgIpc) is 3.05. The molecule has 1 N–H and O–H groups in total. The molecule has 0 radical (unpaired) electrons. The molecular formula is C19H15F2N7O. The zero-order chi connectivity index (χ0) is 20.4. The molecule has 4 aromatic heterocycles. The van der Waals surface area contributed by atoms with Crippen molar-refractivity contribution >= 4 is 16.8 Å². The van der Waals surface area contributed by atoms with E-state index in [-0.39, 0.29) is 5.56 Å². The van der Waals surface area contributed by atoms with E-state index in [9.17, 15) is 13.6 Å². The predicted octanol–water partition coefficient (Wildman–Crippen LogP) is 2.78. The lowest BCUT2D eigenvalue weighted by Gasteiger charge is -2.10. The monoisotopic (exact) mass is 395 g/mol. The van der Waals surface area contributed by atoms with Gasteiger partial charge in [-0.1, -0.05) is 0 Å². The number of halogens is 2. The molecule has 0 spiro atoms. The Bertz CT molecular complexity index is 1180. The summed E-state index contributed by atoms with van der Waals surface area (Å²) in [6.07, 6.45) is 6.09. The number of amides is 1. The topological polar surface area (TPSA) is 98.5 Å². The van der Waals surface area contributed by atoms with Gasteiger partial charge in [0.15, 0.2) is 11.6 Å². The number of rotatable bonds is 5. The highest BCUT2D eigenvalue weighted by Gasteiger charge is 2.17. The predicted molar refractivity (Wildman–Crippen MR) is 101 cm³/mol. The van der Waals surface area contributed by atoms with E-state index in [1.165, 1.54) is 29.5 Å². The maximum Gasteiger partial charge on any atom is 0.273 e. The van der Waals surface area contributed by atoms with Crippen molar-refractivity contribution in [1.29, 1.82) is 0 Å². The lowest BCUT2D eigenvalue weighted by molar-refractivity contribution is 0.101. The molecule has 0 saturated carbocycles. The fraction of sp³-hybridized carbons (Fsp3) is 0.158. The highest BCUT2D eigenvalue weighted by atomic mass is 19.3. The Morgan fingerprint density at radius 2 is 1.93 bits per heavy atom. The molecular weight excluding hydrogens is 380 g/mol. The summed E-state index contributed by atoms with van der Waals surface area (Å²) in [4.78, 5) is 33.4. The molecule has 0 saturated heterocycles. The summed E-state index contributed by atoms with van der Waals surface area (Å²) < 4.78 is 27.2. The number of pyridine rings is 1. The maximum absolute atomic E-state index is 12.9. The SMILES string of the molecule is Cc1nc(-c2ncccn2)ncc1C(=O)Nn1cc(CC(F)F)c2cnccc21. The Labute approximate surface area is 163 Å². The molecule has 1 amide bonds. The molecule has 0 aliphatic heterocycles. The third-order valence-electron chi connectivity index (χ3n) is 4.27. The van der Waals surface area contributed by atoms with Crippen molar-refractivity contribution in [2.24, 2.45) is 0 Å². The second-order valence-electron chi connectivity index (χ2n) is 6.22. The first-order valence-electron chi connectivity index (χ1n) is 8.67. The van der Waals surface area contributed by atoms with Crippen LogP contribution >= 0.6 is 0 Å². The molecule has 0 fully saturated rings. The molecule has 0 aliphatic carbocycles. The molecule has 4 aromatic rings. The van der Waals surface area contributed by atoms with Crippen LogP contribution < -0.4 is 5.43 Å². The number of carbonyl (C=O) groups is 1. The van der Waals surface area contributed by atoms with Crippen molar-refractivity contribution in [2.75, 3.05) is 5.43 Å². The minimum Gasteiger partial charge on any atom is -0.267 e. The van der Waals surface area contributed by atoms with Crippen molar-refractivity contribution < 1.29 is 13.6 Å². The third-order valence-corrected chi connectivity index (χ3v) is 4.27. The molecule has 10 heteroatoms. The van der Waals surface area contributed by atoms with Crippen LogP contribution in [0.4, 0.5) is 8.78 Å². The molecule has 146 valence electrons. The number of aromatic nitrogens is 6. The average molecular weight is 395 g/mol. The van der Waals surface area contributed by atoms with E-state index in [0.29, 0.717) is 33.8 Å². The van der Waals surface area contributed by atoms with Gasteiger partial charge in [-0.2, -0.15) is 0 Å². The van der Waals surface area contributed by atoms with E-state index in [1.54, 1.807) is 31.5 Å². The molecule has 8 nitrogen and oxygen atoms in total. The van der Waals surface area contributed by atoms with Gasteiger partial charge in [0, 0.05) is 49.0 Å². The Kier molecular flexibility index (Phi) is 4.90. The minimum atomic E-state index is -2.51. The standard InChI is InChI=1S/C19H15F2N7O/c1-11-13(9-25-18(26-11)17-23-4-2-5-24-17)19(29)27-28-10-12(7-16(20)21)14-8-22-6-3-15(14)28/h2-6,8-10,16H,7H2,1H3,(H,27,29). The second kappa shape index (κ2) is 7.66. The van der Waals surface area contributed by atoms with Crippen LogP contribution in [-0.4, -0.2) is 41.9 Å². The van der Waals surface area contributed by atoms with E-state index < -0.39 is 18.8 Å². The lowest BCUT2D eigenvalue weighted by Crippen LogP contribution is -2.23. The second-order valence-corrected chi connectivity index (χ2v) is 6.22. The van der Waals surface area contributed by atoms with Crippen LogP contribution in [0.15, 0.2) is 49.3 Å². The molecule has 0 bridgehead atoms. The van der Waals surface area contributed by atoms with Gasteiger partial charge in [-0.05, 0) is 24.6 Å². The van der Waals surface area contributed by atoms with E-state index in [0.717, 1.165) is 0 Å². The Balaban J connectivity index is 1.63. The Hall–Kier alpha value is -3.82. The zero-order valence-electron chi connectivity index (χ0n) is 15.3. The van der Waals surface area contributed by atoms with Crippen molar-refractivity contribution in [1.82, 2.24) is 29.6 Å². The lowest BCUT2D eigenvalue weighted by atomic mass is 10.2. The number of hydrogen-bond acceptors (Lipinski definition) is 6. The normalized spacial score (nSPS) is 11.2. The van der Waals surface area contributed by atoms with Crippen LogP contribution in [0.25, 0.3) is 22.6 Å². The molecule has 4 heterocycles. The summed E-state index contributed by atoms with van der Waals surface area (Å²) >= 11 is 0. The first-order valence-corrected chi connectivity index (χ1v) is 8.67. The number of alkyl halides is 2. The molecule has 0 atom stereocenters. The van der Waals surface area contributed by atoms with Gasteiger partial charge < -0.3 is 0 Å². The summed E-state index contributed by atoms with van der Waals surface area (Å²) in [5.74, 6) is 0.180. The van der Waals surface area contributed by atoms with Crippen molar-refractivity contribution in [3.05, 3.63) is 66.1 Å². The van der Waals surface area contributed by atoms with Crippen LogP contribution in [0.3, 0.4) is 0 Å². The third kappa shape index (κ3) is 3.77. The van der Waals surface area contributed by atoms with Crippen molar-refractivity contribution in [3.63, 3.8) is 0 Å². The van der Waals surface area contributed by atoms with E-state index in [2.05, 4.69) is 30.3 Å². The molecule has 29 heavy (non-hydrogen) atoms. The van der Waals surface area contributed by atoms with E-state index in [1.807, 2.05) is 0 Å². The summed E-state index contributed by atoms with van der Waals surface area (Å²) in [6.45, 7) is 1.67. The largest absolute Gasteiger partial charge is 0.273 e. The quantitative estimate of drug-likeness (QED) is 0.558. The fourth-order valence-corrected chi connectivity index (χ4v) is 2.94. The maximum atomic E-state index is 12.9. The van der Waals surface area contributed by atoms with Gasteiger partial charge >= 0.3 is 0 Å². The van der Waals surface area contributed by atoms with Crippen LogP contribution in [0, 0.1) is 6.92 Å². The number of hydrogen-bond donors (Lipinski definition) is 1. The van der Waals surface area contributed by atoms with Crippen molar-refractivity contribution in [2.45, 2.75) is 19.8 Å². The van der Waals surface area contributed by atoms with E-state index >= 15 is 0 Å². The molecule has 0 aromatic carbocycles. The number of fused-ring (bicyclic) bond motifs is 1. The van der Waals surface area contributed by atoms with Gasteiger partial charge in [0.05, 0.1) is 16.8 Å². The number of nitrogens with zero attached hydrogens (tertiary/aromatic N) is 6. The summed E-state index contributed by atoms with van der Waals surface area (Å²) in [5.41, 5.74) is 4.33. The van der Waals surface area contributed by atoms with Gasteiger partial charge in [-0.15, -0.1) is 0 Å². The summed E-state index contributed by atoms with van der Waals surface area (Å²) in [7, 11) is 0. The first-order chi connectivity index (χ1) is 14.0. The van der Waals surface area contributed by atoms with Gasteiger partial charge in [0.2, 0.25) is 6.43 Å². The smallest absolute Gasteiger partial charge is 0.267 e.